The van der Waals surface area contributed by atoms with Crippen LogP contribution in [0.25, 0.3) is 10.2 Å². The molecule has 2 heterocycles. The molecule has 31 heavy (non-hydrogen) atoms. The highest BCUT2D eigenvalue weighted by molar-refractivity contribution is 7.89. The zero-order valence-corrected chi connectivity index (χ0v) is 18.4. The summed E-state index contributed by atoms with van der Waals surface area (Å²) >= 11 is 1.25. The van der Waals surface area contributed by atoms with Crippen LogP contribution >= 0.6 is 11.3 Å². The summed E-state index contributed by atoms with van der Waals surface area (Å²) in [5, 5.41) is 3.31. The van der Waals surface area contributed by atoms with Crippen LogP contribution in [0.2, 0.25) is 0 Å². The largest absolute Gasteiger partial charge is 0.301 e. The molecule has 2 aromatic carbocycles. The molecule has 162 valence electrons. The fraction of sp³-hybridized carbons (Fsp3) is 0.364. The summed E-state index contributed by atoms with van der Waals surface area (Å²) in [7, 11) is -3.51. The van der Waals surface area contributed by atoms with Crippen LogP contribution in [0, 0.1) is 5.82 Å². The van der Waals surface area contributed by atoms with Crippen molar-refractivity contribution in [3.05, 3.63) is 53.8 Å². The third kappa shape index (κ3) is 3.54. The molecule has 1 saturated carbocycles. The van der Waals surface area contributed by atoms with E-state index in [9.17, 15) is 17.6 Å². The minimum Gasteiger partial charge on any atom is -0.301 e. The fourth-order valence-electron chi connectivity index (χ4n) is 4.38. The average Bonchev–Trinajstić information content (AvgIpc) is 3.36. The zero-order chi connectivity index (χ0) is 21.6. The number of anilines is 1. The van der Waals surface area contributed by atoms with Crippen molar-refractivity contribution in [2.75, 3.05) is 18.4 Å². The Hall–Kier alpha value is -2.36. The molecule has 0 unspecified atom stereocenters. The van der Waals surface area contributed by atoms with Gasteiger partial charge in [0.2, 0.25) is 15.9 Å². The number of halogens is 1. The second-order valence-electron chi connectivity index (χ2n) is 8.16. The number of nitrogens with zero attached hydrogens (tertiary/aromatic N) is 2. The molecule has 9 heteroatoms. The Morgan fingerprint density at radius 2 is 1.87 bits per heavy atom. The Bertz CT molecular complexity index is 1260. The fourth-order valence-corrected chi connectivity index (χ4v) is 6.90. The van der Waals surface area contributed by atoms with Crippen LogP contribution in [-0.4, -0.2) is 36.7 Å². The maximum absolute atomic E-state index is 13.7. The lowest BCUT2D eigenvalue weighted by Gasteiger charge is -2.40. The van der Waals surface area contributed by atoms with Gasteiger partial charge in [0.05, 0.1) is 20.5 Å². The van der Waals surface area contributed by atoms with Crippen molar-refractivity contribution in [1.29, 1.82) is 0 Å². The molecule has 2 fully saturated rings. The van der Waals surface area contributed by atoms with Crippen LogP contribution in [0.3, 0.4) is 0 Å². The molecule has 0 radical (unpaired) electrons. The molecule has 3 aromatic rings. The zero-order valence-electron chi connectivity index (χ0n) is 16.8. The van der Waals surface area contributed by atoms with Crippen molar-refractivity contribution in [2.45, 2.75) is 42.4 Å². The van der Waals surface area contributed by atoms with E-state index in [4.69, 9.17) is 0 Å². The van der Waals surface area contributed by atoms with Crippen molar-refractivity contribution in [3.8, 4) is 0 Å². The van der Waals surface area contributed by atoms with Crippen LogP contribution in [0.5, 0.6) is 0 Å². The van der Waals surface area contributed by atoms with Crippen molar-refractivity contribution in [1.82, 2.24) is 9.29 Å². The molecule has 1 N–H and O–H groups in total. The lowest BCUT2D eigenvalue weighted by atomic mass is 9.64. The highest BCUT2D eigenvalue weighted by Gasteiger charge is 2.46. The minimum atomic E-state index is -3.51. The van der Waals surface area contributed by atoms with Gasteiger partial charge in [-0.05, 0) is 61.6 Å². The van der Waals surface area contributed by atoms with Crippen molar-refractivity contribution >= 4 is 42.6 Å². The summed E-state index contributed by atoms with van der Waals surface area (Å²) < 4.78 is 41.6. The Kier molecular flexibility index (Phi) is 5.07. The molecular formula is C22H22FN3O3S2. The second-order valence-corrected chi connectivity index (χ2v) is 11.1. The van der Waals surface area contributed by atoms with E-state index in [2.05, 4.69) is 10.3 Å². The predicted octanol–water partition coefficient (Wildman–Crippen LogP) is 4.28. The van der Waals surface area contributed by atoms with Gasteiger partial charge in [-0.15, -0.1) is 0 Å². The number of amides is 1. The van der Waals surface area contributed by atoms with Gasteiger partial charge in [0.15, 0.2) is 5.13 Å². The summed E-state index contributed by atoms with van der Waals surface area (Å²) in [5.74, 6) is -0.559. The van der Waals surface area contributed by atoms with Gasteiger partial charge in [-0.2, -0.15) is 4.31 Å². The van der Waals surface area contributed by atoms with Gasteiger partial charge in [-0.25, -0.2) is 17.8 Å². The number of thiazole rings is 1. The first-order valence-corrected chi connectivity index (χ1v) is 12.6. The SMILES string of the molecule is O=C(Nc1nc2ccc(S(=O)(=O)N3CCCC3)cc2s1)C1(c2cccc(F)c2)CCC1. The van der Waals surface area contributed by atoms with Gasteiger partial charge < -0.3 is 5.32 Å². The van der Waals surface area contributed by atoms with Crippen LogP contribution in [-0.2, 0) is 20.2 Å². The number of sulfonamides is 1. The molecule has 0 atom stereocenters. The number of carbonyl (C=O) groups excluding carboxylic acids is 1. The molecule has 1 aliphatic heterocycles. The first-order chi connectivity index (χ1) is 14.9. The first-order valence-electron chi connectivity index (χ1n) is 10.4. The van der Waals surface area contributed by atoms with Crippen molar-refractivity contribution in [3.63, 3.8) is 0 Å². The topological polar surface area (TPSA) is 79.4 Å². The van der Waals surface area contributed by atoms with Crippen molar-refractivity contribution in [2.24, 2.45) is 0 Å². The molecule has 5 rings (SSSR count). The van der Waals surface area contributed by atoms with Crippen LogP contribution in [0.4, 0.5) is 9.52 Å². The lowest BCUT2D eigenvalue weighted by molar-refractivity contribution is -0.124. The lowest BCUT2D eigenvalue weighted by Crippen LogP contribution is -2.46. The second kappa shape index (κ2) is 7.65. The number of carbonyl (C=O) groups is 1. The highest BCUT2D eigenvalue weighted by Crippen LogP contribution is 2.45. The van der Waals surface area contributed by atoms with E-state index < -0.39 is 15.4 Å². The monoisotopic (exact) mass is 459 g/mol. The molecule has 1 amide bonds. The minimum absolute atomic E-state index is 0.201. The smallest absolute Gasteiger partial charge is 0.243 e. The van der Waals surface area contributed by atoms with Gasteiger partial charge in [0, 0.05) is 13.1 Å². The number of rotatable bonds is 5. The number of hydrogen-bond acceptors (Lipinski definition) is 5. The van der Waals surface area contributed by atoms with E-state index in [1.807, 2.05) is 0 Å². The van der Waals surface area contributed by atoms with Gasteiger partial charge in [0.25, 0.3) is 0 Å². The summed E-state index contributed by atoms with van der Waals surface area (Å²) in [5.41, 5.74) is 0.565. The van der Waals surface area contributed by atoms with Crippen LogP contribution < -0.4 is 5.32 Å². The Morgan fingerprint density at radius 1 is 1.10 bits per heavy atom. The quantitative estimate of drug-likeness (QED) is 0.618. The molecule has 2 aliphatic rings. The highest BCUT2D eigenvalue weighted by atomic mass is 32.2. The molecule has 6 nitrogen and oxygen atoms in total. The third-order valence-electron chi connectivity index (χ3n) is 6.30. The molecule has 1 saturated heterocycles. The molecular weight excluding hydrogens is 437 g/mol. The van der Waals surface area contributed by atoms with Crippen molar-refractivity contribution < 1.29 is 17.6 Å². The average molecular weight is 460 g/mol. The Balaban J connectivity index is 1.41. The van der Waals surface area contributed by atoms with E-state index in [1.54, 1.807) is 30.3 Å². The molecule has 1 aromatic heterocycles. The normalized spacial score (nSPS) is 18.7. The van der Waals surface area contributed by atoms with E-state index in [0.29, 0.717) is 46.8 Å². The molecule has 0 spiro atoms. The van der Waals surface area contributed by atoms with E-state index >= 15 is 0 Å². The maximum Gasteiger partial charge on any atom is 0.243 e. The Labute approximate surface area is 184 Å². The van der Waals surface area contributed by atoms with Crippen LogP contribution in [0.1, 0.15) is 37.7 Å². The van der Waals surface area contributed by atoms with Gasteiger partial charge >= 0.3 is 0 Å². The van der Waals surface area contributed by atoms with E-state index in [0.717, 1.165) is 19.3 Å². The number of aromatic nitrogens is 1. The summed E-state index contributed by atoms with van der Waals surface area (Å²) in [4.78, 5) is 17.8. The first kappa shape index (κ1) is 20.5. The standard InChI is InChI=1S/C22H22FN3O3S2/c23-16-6-3-5-15(13-16)22(9-4-10-22)20(27)25-21-24-18-8-7-17(14-19(18)30-21)31(28,29)26-11-1-2-12-26/h3,5-8,13-14H,1-2,4,9-12H2,(H,24,25,27). The van der Waals surface area contributed by atoms with Gasteiger partial charge in [0.1, 0.15) is 5.82 Å². The summed E-state index contributed by atoms with van der Waals surface area (Å²) in [6.07, 6.45) is 3.98. The number of hydrogen-bond donors (Lipinski definition) is 1. The summed E-state index contributed by atoms with van der Waals surface area (Å²) in [6.45, 7) is 1.10. The van der Waals surface area contributed by atoms with E-state index in [1.165, 1.54) is 27.8 Å². The predicted molar refractivity (Wildman–Crippen MR) is 118 cm³/mol. The summed E-state index contributed by atoms with van der Waals surface area (Å²) in [6, 6.07) is 11.1. The molecule has 1 aliphatic carbocycles. The molecule has 0 bridgehead atoms. The van der Waals surface area contributed by atoms with Crippen LogP contribution in [0.15, 0.2) is 47.4 Å². The number of fused-ring (bicyclic) bond motifs is 1. The number of benzene rings is 2. The third-order valence-corrected chi connectivity index (χ3v) is 9.13. The maximum atomic E-state index is 13.7. The Morgan fingerprint density at radius 3 is 2.55 bits per heavy atom. The van der Waals surface area contributed by atoms with Gasteiger partial charge in [-0.1, -0.05) is 29.9 Å². The van der Waals surface area contributed by atoms with E-state index in [-0.39, 0.29) is 16.6 Å². The van der Waals surface area contributed by atoms with Gasteiger partial charge in [-0.3, -0.25) is 4.79 Å². The number of nitrogens with one attached hydrogen (secondary N) is 1.